The van der Waals surface area contributed by atoms with E-state index in [0.29, 0.717) is 24.0 Å². The summed E-state index contributed by atoms with van der Waals surface area (Å²) in [6, 6.07) is 7.37. The van der Waals surface area contributed by atoms with Gasteiger partial charge >= 0.3 is 0 Å². The average Bonchev–Trinajstić information content (AvgIpc) is 3.33. The Hall–Kier alpha value is -1.86. The predicted molar refractivity (Wildman–Crippen MR) is 105 cm³/mol. The van der Waals surface area contributed by atoms with Crippen molar-refractivity contribution in [3.05, 3.63) is 30.5 Å². The Bertz CT molecular complexity index is 923. The molecule has 0 bridgehead atoms. The number of nitrogens with zero attached hydrogens (tertiary/aromatic N) is 2. The van der Waals surface area contributed by atoms with Crippen molar-refractivity contribution in [1.29, 1.82) is 0 Å². The van der Waals surface area contributed by atoms with Crippen molar-refractivity contribution in [2.45, 2.75) is 62.4 Å². The highest BCUT2D eigenvalue weighted by Gasteiger charge is 2.27. The first-order chi connectivity index (χ1) is 13.0. The summed E-state index contributed by atoms with van der Waals surface area (Å²) < 4.78 is 28.9. The number of aromatic nitrogens is 1. The highest BCUT2D eigenvalue weighted by Crippen LogP contribution is 2.25. The maximum Gasteiger partial charge on any atom is 0.243 e. The zero-order valence-corrected chi connectivity index (χ0v) is 16.4. The van der Waals surface area contributed by atoms with Crippen molar-refractivity contribution in [3.63, 3.8) is 0 Å². The van der Waals surface area contributed by atoms with Crippen LogP contribution in [0.2, 0.25) is 0 Å². The molecular formula is C20H27N3O3S. The van der Waals surface area contributed by atoms with E-state index in [0.717, 1.165) is 36.6 Å². The second kappa shape index (κ2) is 7.64. The van der Waals surface area contributed by atoms with Gasteiger partial charge in [-0.15, -0.1) is 0 Å². The van der Waals surface area contributed by atoms with Gasteiger partial charge in [-0.25, -0.2) is 8.42 Å². The minimum absolute atomic E-state index is 0.0214. The Balaban J connectivity index is 1.49. The molecule has 4 rings (SSSR count). The maximum absolute atomic E-state index is 12.7. The second-order valence-electron chi connectivity index (χ2n) is 7.68. The maximum atomic E-state index is 12.7. The third-order valence-electron chi connectivity index (χ3n) is 5.73. The Morgan fingerprint density at radius 1 is 1.04 bits per heavy atom. The second-order valence-corrected chi connectivity index (χ2v) is 9.62. The Kier molecular flexibility index (Phi) is 5.23. The van der Waals surface area contributed by atoms with Gasteiger partial charge in [0.25, 0.3) is 0 Å². The lowest BCUT2D eigenvalue weighted by atomic mass is 9.95. The van der Waals surface area contributed by atoms with E-state index in [-0.39, 0.29) is 12.5 Å². The molecule has 0 unspecified atom stereocenters. The van der Waals surface area contributed by atoms with Crippen molar-refractivity contribution < 1.29 is 13.2 Å². The summed E-state index contributed by atoms with van der Waals surface area (Å²) >= 11 is 0. The number of sulfonamides is 1. The monoisotopic (exact) mass is 389 g/mol. The van der Waals surface area contributed by atoms with Gasteiger partial charge in [0.1, 0.15) is 6.54 Å². The van der Waals surface area contributed by atoms with Gasteiger partial charge in [-0.1, -0.05) is 19.3 Å². The van der Waals surface area contributed by atoms with Crippen LogP contribution in [-0.4, -0.2) is 42.3 Å². The fourth-order valence-corrected chi connectivity index (χ4v) is 5.78. The summed E-state index contributed by atoms with van der Waals surface area (Å²) in [6.45, 7) is 1.46. The molecule has 146 valence electrons. The van der Waals surface area contributed by atoms with Gasteiger partial charge in [0.15, 0.2) is 0 Å². The Morgan fingerprint density at radius 3 is 2.52 bits per heavy atom. The molecule has 0 atom stereocenters. The lowest BCUT2D eigenvalue weighted by Gasteiger charge is -2.23. The Morgan fingerprint density at radius 2 is 1.78 bits per heavy atom. The first-order valence-corrected chi connectivity index (χ1v) is 11.4. The van der Waals surface area contributed by atoms with Gasteiger partial charge in [0, 0.05) is 36.2 Å². The van der Waals surface area contributed by atoms with Crippen LogP contribution in [0.1, 0.15) is 44.9 Å². The van der Waals surface area contributed by atoms with Crippen LogP contribution in [0, 0.1) is 0 Å². The topological polar surface area (TPSA) is 71.4 Å². The summed E-state index contributed by atoms with van der Waals surface area (Å²) in [6.07, 6.45) is 9.47. The van der Waals surface area contributed by atoms with E-state index in [1.54, 1.807) is 16.4 Å². The quantitative estimate of drug-likeness (QED) is 0.855. The lowest BCUT2D eigenvalue weighted by Crippen LogP contribution is -2.38. The van der Waals surface area contributed by atoms with Gasteiger partial charge in [-0.3, -0.25) is 4.79 Å². The molecule has 6 nitrogen and oxygen atoms in total. The van der Waals surface area contributed by atoms with Crippen LogP contribution in [0.25, 0.3) is 10.9 Å². The lowest BCUT2D eigenvalue weighted by molar-refractivity contribution is -0.122. The number of carbonyl (C=O) groups excluding carboxylic acids is 1. The summed E-state index contributed by atoms with van der Waals surface area (Å²) in [5, 5.41) is 3.98. The van der Waals surface area contributed by atoms with Crippen molar-refractivity contribution in [2.24, 2.45) is 0 Å². The minimum atomic E-state index is -3.42. The first-order valence-electron chi connectivity index (χ1n) is 9.92. The molecule has 2 aromatic rings. The molecule has 1 aromatic heterocycles. The fourth-order valence-electron chi connectivity index (χ4n) is 4.23. The van der Waals surface area contributed by atoms with E-state index < -0.39 is 10.0 Å². The standard InChI is InChI=1S/C20H27N3O3S/c24-20(21-17-6-2-1-3-7-17)15-22-13-10-16-14-18(8-9-19(16)22)27(25,26)23-11-4-5-12-23/h8-10,13-14,17H,1-7,11-12,15H2,(H,21,24). The van der Waals surface area contributed by atoms with E-state index in [9.17, 15) is 13.2 Å². The van der Waals surface area contributed by atoms with Crippen LogP contribution in [-0.2, 0) is 21.4 Å². The zero-order chi connectivity index (χ0) is 18.9. The van der Waals surface area contributed by atoms with E-state index in [1.165, 1.54) is 19.3 Å². The number of amides is 1. The molecule has 27 heavy (non-hydrogen) atoms. The van der Waals surface area contributed by atoms with Gasteiger partial charge in [-0.2, -0.15) is 4.31 Å². The molecule has 0 radical (unpaired) electrons. The van der Waals surface area contributed by atoms with E-state index >= 15 is 0 Å². The van der Waals surface area contributed by atoms with E-state index in [4.69, 9.17) is 0 Å². The molecule has 1 amide bonds. The summed E-state index contributed by atoms with van der Waals surface area (Å²) in [5.74, 6) is 0.0214. The smallest absolute Gasteiger partial charge is 0.243 e. The van der Waals surface area contributed by atoms with Crippen LogP contribution >= 0.6 is 0 Å². The largest absolute Gasteiger partial charge is 0.352 e. The normalized spacial score (nSPS) is 19.6. The number of fused-ring (bicyclic) bond motifs is 1. The summed E-state index contributed by atoms with van der Waals surface area (Å²) in [7, 11) is -3.42. The SMILES string of the molecule is O=C(Cn1ccc2cc(S(=O)(=O)N3CCCC3)ccc21)NC1CCCCC1. The van der Waals surface area contributed by atoms with Gasteiger partial charge in [0.2, 0.25) is 15.9 Å². The van der Waals surface area contributed by atoms with Crippen molar-refractivity contribution in [1.82, 2.24) is 14.2 Å². The molecular weight excluding hydrogens is 362 g/mol. The van der Waals surface area contributed by atoms with Crippen LogP contribution in [0.3, 0.4) is 0 Å². The number of carbonyl (C=O) groups is 1. The van der Waals surface area contributed by atoms with Gasteiger partial charge in [0.05, 0.1) is 4.90 Å². The highest BCUT2D eigenvalue weighted by atomic mass is 32.2. The summed E-state index contributed by atoms with van der Waals surface area (Å²) in [5.41, 5.74) is 0.883. The van der Waals surface area contributed by atoms with Gasteiger partial charge in [-0.05, 0) is 49.9 Å². The number of benzene rings is 1. The molecule has 7 heteroatoms. The van der Waals surface area contributed by atoms with Crippen molar-refractivity contribution in [2.75, 3.05) is 13.1 Å². The van der Waals surface area contributed by atoms with E-state index in [1.807, 2.05) is 22.9 Å². The molecule has 2 aliphatic rings. The first kappa shape index (κ1) is 18.5. The van der Waals surface area contributed by atoms with Crippen molar-refractivity contribution >= 4 is 26.8 Å². The fraction of sp³-hybridized carbons (Fsp3) is 0.550. The van der Waals surface area contributed by atoms with E-state index in [2.05, 4.69) is 5.32 Å². The molecule has 1 N–H and O–H groups in total. The van der Waals surface area contributed by atoms with Crippen LogP contribution < -0.4 is 5.32 Å². The number of nitrogens with one attached hydrogen (secondary N) is 1. The number of hydrogen-bond acceptors (Lipinski definition) is 3. The van der Waals surface area contributed by atoms with Crippen LogP contribution in [0.15, 0.2) is 35.4 Å². The zero-order valence-electron chi connectivity index (χ0n) is 15.6. The molecule has 1 aliphatic heterocycles. The predicted octanol–water partition coefficient (Wildman–Crippen LogP) is 2.87. The van der Waals surface area contributed by atoms with Crippen LogP contribution in [0.5, 0.6) is 0 Å². The minimum Gasteiger partial charge on any atom is -0.352 e. The number of rotatable bonds is 5. The third kappa shape index (κ3) is 3.89. The van der Waals surface area contributed by atoms with Crippen LogP contribution in [0.4, 0.5) is 0 Å². The molecule has 2 heterocycles. The molecule has 0 spiro atoms. The highest BCUT2D eigenvalue weighted by molar-refractivity contribution is 7.89. The molecule has 1 saturated heterocycles. The molecule has 1 saturated carbocycles. The Labute approximate surface area is 160 Å². The molecule has 1 aromatic carbocycles. The third-order valence-corrected chi connectivity index (χ3v) is 7.62. The average molecular weight is 390 g/mol. The van der Waals surface area contributed by atoms with Gasteiger partial charge < -0.3 is 9.88 Å². The van der Waals surface area contributed by atoms with Crippen molar-refractivity contribution in [3.8, 4) is 0 Å². The summed E-state index contributed by atoms with van der Waals surface area (Å²) in [4.78, 5) is 12.7. The number of hydrogen-bond donors (Lipinski definition) is 1. The molecule has 1 aliphatic carbocycles. The molecule has 2 fully saturated rings.